The Balaban J connectivity index is 1.14. The average Bonchev–Trinajstić information content (AvgIpc) is 3.03. The third-order valence-electron chi connectivity index (χ3n) is 7.36. The van der Waals surface area contributed by atoms with E-state index < -0.39 is 0 Å². The van der Waals surface area contributed by atoms with Gasteiger partial charge in [-0.3, -0.25) is 9.47 Å². The molecule has 1 aromatic heterocycles. The molecule has 3 aliphatic heterocycles. The number of carbonyl (C=O) groups is 1. The van der Waals surface area contributed by atoms with Gasteiger partial charge in [0.2, 0.25) is 0 Å². The van der Waals surface area contributed by atoms with Gasteiger partial charge in [0, 0.05) is 48.8 Å². The van der Waals surface area contributed by atoms with Crippen LogP contribution < -0.4 is 0 Å². The molecule has 32 heavy (non-hydrogen) atoms. The average molecular weight is 458 g/mol. The molecule has 0 radical (unpaired) electrons. The molecule has 8 nitrogen and oxygen atoms in total. The zero-order valence-electron chi connectivity index (χ0n) is 18.3. The first-order chi connectivity index (χ1) is 15.5. The molecular weight excluding hydrogens is 430 g/mol. The van der Waals surface area contributed by atoms with Crippen LogP contribution in [0.25, 0.3) is 5.69 Å². The van der Waals surface area contributed by atoms with Crippen molar-refractivity contribution in [1.82, 2.24) is 24.6 Å². The number of amides is 1. The molecule has 4 heterocycles. The number of rotatable bonds is 2. The van der Waals surface area contributed by atoms with Crippen LogP contribution >= 0.6 is 11.6 Å². The summed E-state index contributed by atoms with van der Waals surface area (Å²) in [6, 6.07) is 6.07. The van der Waals surface area contributed by atoms with E-state index >= 15 is 0 Å². The molecule has 1 aromatic carbocycles. The van der Waals surface area contributed by atoms with E-state index in [-0.39, 0.29) is 17.6 Å². The smallest absolute Gasteiger partial charge is 0.410 e. The Hall–Kier alpha value is -2.16. The second-order valence-electron chi connectivity index (χ2n) is 9.91. The minimum atomic E-state index is -0.170. The number of ether oxygens (including phenoxy) is 2. The normalized spacial score (nSPS) is 23.1. The maximum absolute atomic E-state index is 12.5. The van der Waals surface area contributed by atoms with Crippen LogP contribution in [0, 0.1) is 5.41 Å². The highest BCUT2D eigenvalue weighted by molar-refractivity contribution is 6.30. The van der Waals surface area contributed by atoms with E-state index in [1.807, 2.05) is 17.0 Å². The fourth-order valence-electron chi connectivity index (χ4n) is 5.78. The molecule has 0 atom stereocenters. The summed E-state index contributed by atoms with van der Waals surface area (Å²) in [4.78, 5) is 16.6. The van der Waals surface area contributed by atoms with Crippen LogP contribution in [0.2, 0.25) is 5.02 Å². The second kappa shape index (κ2) is 7.71. The molecule has 9 heteroatoms. The third-order valence-corrected chi connectivity index (χ3v) is 7.59. The predicted molar refractivity (Wildman–Crippen MR) is 118 cm³/mol. The fourth-order valence-corrected chi connectivity index (χ4v) is 5.97. The van der Waals surface area contributed by atoms with Gasteiger partial charge in [0.1, 0.15) is 11.9 Å². The molecule has 3 fully saturated rings. The Labute approximate surface area is 192 Å². The summed E-state index contributed by atoms with van der Waals surface area (Å²) in [7, 11) is 2.09. The molecule has 1 spiro atoms. The lowest BCUT2D eigenvalue weighted by molar-refractivity contribution is -0.0808. The monoisotopic (exact) mass is 457 g/mol. The van der Waals surface area contributed by atoms with Gasteiger partial charge in [0.15, 0.2) is 5.82 Å². The van der Waals surface area contributed by atoms with Crippen molar-refractivity contribution in [3.63, 3.8) is 0 Å². The van der Waals surface area contributed by atoms with Gasteiger partial charge in [-0.25, -0.2) is 4.79 Å². The number of fused-ring (bicyclic) bond motifs is 3. The lowest BCUT2D eigenvalue weighted by Crippen LogP contribution is -2.63. The number of nitrogens with zero attached hydrogens (tertiary/aromatic N) is 5. The first kappa shape index (κ1) is 20.4. The van der Waals surface area contributed by atoms with E-state index in [4.69, 9.17) is 21.1 Å². The summed E-state index contributed by atoms with van der Waals surface area (Å²) >= 11 is 6.28. The van der Waals surface area contributed by atoms with Gasteiger partial charge >= 0.3 is 6.09 Å². The summed E-state index contributed by atoms with van der Waals surface area (Å²) in [6.45, 7) is 4.50. The van der Waals surface area contributed by atoms with E-state index in [0.717, 1.165) is 74.2 Å². The van der Waals surface area contributed by atoms with E-state index in [9.17, 15) is 4.79 Å². The molecule has 4 aliphatic rings. The number of aromatic nitrogens is 3. The highest BCUT2D eigenvalue weighted by Crippen LogP contribution is 2.56. The number of benzene rings is 1. The fraction of sp³-hybridized carbons (Fsp3) is 0.609. The number of carbonyl (C=O) groups excluding carboxylic acids is 1. The van der Waals surface area contributed by atoms with Crippen LogP contribution in [0.15, 0.2) is 18.2 Å². The largest absolute Gasteiger partial charge is 0.446 e. The van der Waals surface area contributed by atoms with Gasteiger partial charge < -0.3 is 14.4 Å². The maximum Gasteiger partial charge on any atom is 0.410 e. The SMILES string of the molecule is CN1Cc2cc(Cl)ccc2-n2c(nnc2C2CC3(C2)CN(C(=O)OC2CCOCC2)C3)C1. The first-order valence-corrected chi connectivity index (χ1v) is 11.8. The lowest BCUT2D eigenvalue weighted by atomic mass is 9.57. The summed E-state index contributed by atoms with van der Waals surface area (Å²) in [5.41, 5.74) is 2.53. The van der Waals surface area contributed by atoms with Crippen LogP contribution in [0.5, 0.6) is 0 Å². The van der Waals surface area contributed by atoms with Crippen LogP contribution in [-0.4, -0.2) is 70.1 Å². The summed E-state index contributed by atoms with van der Waals surface area (Å²) in [6.07, 6.45) is 3.49. The molecular formula is C23H28ClN5O3. The topological polar surface area (TPSA) is 72.7 Å². The Kier molecular flexibility index (Phi) is 4.93. The molecule has 0 N–H and O–H groups in total. The molecule has 1 aliphatic carbocycles. The Morgan fingerprint density at radius 3 is 2.75 bits per heavy atom. The van der Waals surface area contributed by atoms with Crippen LogP contribution in [-0.2, 0) is 22.6 Å². The summed E-state index contributed by atoms with van der Waals surface area (Å²) < 4.78 is 13.2. The van der Waals surface area contributed by atoms with Gasteiger partial charge in [0.25, 0.3) is 0 Å². The van der Waals surface area contributed by atoms with Gasteiger partial charge in [0.05, 0.1) is 25.4 Å². The molecule has 2 aromatic rings. The highest BCUT2D eigenvalue weighted by Gasteiger charge is 2.56. The number of halogens is 1. The molecule has 2 saturated heterocycles. The Morgan fingerprint density at radius 2 is 1.97 bits per heavy atom. The van der Waals surface area contributed by atoms with E-state index in [1.165, 1.54) is 5.56 Å². The third kappa shape index (κ3) is 3.49. The molecule has 0 bridgehead atoms. The Morgan fingerprint density at radius 1 is 1.19 bits per heavy atom. The van der Waals surface area contributed by atoms with Crippen molar-refractivity contribution in [2.75, 3.05) is 33.4 Å². The minimum absolute atomic E-state index is 0.0000856. The number of likely N-dealkylation sites (tertiary alicyclic amines) is 1. The molecule has 170 valence electrons. The van der Waals surface area contributed by atoms with Gasteiger partial charge in [-0.1, -0.05) is 11.6 Å². The van der Waals surface area contributed by atoms with Crippen LogP contribution in [0.1, 0.15) is 48.8 Å². The highest BCUT2D eigenvalue weighted by atomic mass is 35.5. The lowest BCUT2D eigenvalue weighted by Gasteiger charge is -2.58. The zero-order chi connectivity index (χ0) is 21.9. The van der Waals surface area contributed by atoms with Crippen molar-refractivity contribution in [2.24, 2.45) is 5.41 Å². The van der Waals surface area contributed by atoms with Crippen molar-refractivity contribution in [1.29, 1.82) is 0 Å². The number of hydrogen-bond acceptors (Lipinski definition) is 6. The van der Waals surface area contributed by atoms with Crippen LogP contribution in [0.3, 0.4) is 0 Å². The predicted octanol–water partition coefficient (Wildman–Crippen LogP) is 3.36. The minimum Gasteiger partial charge on any atom is -0.446 e. The van der Waals surface area contributed by atoms with Crippen molar-refractivity contribution in [3.05, 3.63) is 40.4 Å². The van der Waals surface area contributed by atoms with Gasteiger partial charge in [-0.05, 0) is 43.7 Å². The van der Waals surface area contributed by atoms with Crippen molar-refractivity contribution in [3.8, 4) is 5.69 Å². The van der Waals surface area contributed by atoms with Crippen molar-refractivity contribution in [2.45, 2.75) is 50.8 Å². The number of hydrogen-bond donors (Lipinski definition) is 0. The molecule has 6 rings (SSSR count). The second-order valence-corrected chi connectivity index (χ2v) is 10.3. The van der Waals surface area contributed by atoms with E-state index in [2.05, 4.69) is 32.8 Å². The Bertz CT molecular complexity index is 1040. The standard InChI is InChI=1S/C23H28ClN5O3/c1-27-11-15-8-17(24)2-3-19(15)29-20(12-27)25-26-21(29)16-9-23(10-16)13-28(14-23)22(30)32-18-4-6-31-7-5-18/h2-3,8,16,18H,4-7,9-14H2,1H3. The van der Waals surface area contributed by atoms with Crippen LogP contribution in [0.4, 0.5) is 4.79 Å². The van der Waals surface area contributed by atoms with E-state index in [1.54, 1.807) is 0 Å². The summed E-state index contributed by atoms with van der Waals surface area (Å²) in [5.74, 6) is 2.37. The first-order valence-electron chi connectivity index (χ1n) is 11.4. The van der Waals surface area contributed by atoms with Gasteiger partial charge in [-0.15, -0.1) is 10.2 Å². The maximum atomic E-state index is 12.5. The quantitative estimate of drug-likeness (QED) is 0.688. The van der Waals surface area contributed by atoms with Crippen molar-refractivity contribution >= 4 is 17.7 Å². The molecule has 1 amide bonds. The van der Waals surface area contributed by atoms with Gasteiger partial charge in [-0.2, -0.15) is 0 Å². The van der Waals surface area contributed by atoms with E-state index in [0.29, 0.717) is 19.1 Å². The summed E-state index contributed by atoms with van der Waals surface area (Å²) in [5, 5.41) is 9.89. The molecule has 0 unspecified atom stereocenters. The zero-order valence-corrected chi connectivity index (χ0v) is 19.1. The molecule has 1 saturated carbocycles. The van der Waals surface area contributed by atoms with Crippen molar-refractivity contribution < 1.29 is 14.3 Å².